The largest absolute Gasteiger partial charge is 0.311 e. The third kappa shape index (κ3) is 4.71. The second kappa shape index (κ2) is 12.1. The topological polar surface area (TPSA) is 11.4 Å². The summed E-state index contributed by atoms with van der Waals surface area (Å²) in [4.78, 5) is 7.44. The Morgan fingerprint density at radius 3 is 1.55 bits per heavy atom. The highest BCUT2D eigenvalue weighted by atomic mass is 32.2. The van der Waals surface area contributed by atoms with E-state index in [9.17, 15) is 0 Å². The number of hydrogen-bond donors (Lipinski definition) is 0. The number of aromatic nitrogens is 1. The summed E-state index contributed by atoms with van der Waals surface area (Å²) in [5, 5.41) is 2.48. The molecule has 0 amide bonds. The van der Waals surface area contributed by atoms with Gasteiger partial charge in [0.1, 0.15) is 0 Å². The molecule has 2 aliphatic rings. The maximum absolute atomic E-state index is 2.54. The zero-order chi connectivity index (χ0) is 34.9. The summed E-state index contributed by atoms with van der Waals surface area (Å²) in [6, 6.07) is 70.7. The van der Waals surface area contributed by atoms with Crippen LogP contribution in [0.2, 0.25) is 0 Å². The van der Waals surface area contributed by atoms with Crippen LogP contribution in [0.1, 0.15) is 0 Å². The molecule has 0 aliphatic carbocycles. The Labute approximate surface area is 313 Å². The van der Waals surface area contributed by atoms with Crippen molar-refractivity contribution in [1.29, 1.82) is 0 Å². The summed E-state index contributed by atoms with van der Waals surface area (Å²) in [7, 11) is 0. The first-order valence-corrected chi connectivity index (χ1v) is 19.0. The zero-order valence-corrected chi connectivity index (χ0v) is 29.6. The van der Waals surface area contributed by atoms with Crippen molar-refractivity contribution in [2.75, 3.05) is 9.80 Å². The van der Waals surface area contributed by atoms with Gasteiger partial charge in [0.25, 0.3) is 0 Å². The lowest BCUT2D eigenvalue weighted by Gasteiger charge is -2.34. The molecule has 0 saturated carbocycles. The molecule has 3 nitrogen and oxygen atoms in total. The van der Waals surface area contributed by atoms with Crippen LogP contribution in [0.5, 0.6) is 0 Å². The Bertz CT molecular complexity index is 2740. The first-order valence-electron chi connectivity index (χ1n) is 18.1. The number of fused-ring (bicyclic) bond motifs is 7. The van der Waals surface area contributed by atoms with Crippen molar-refractivity contribution in [3.63, 3.8) is 0 Å². The Balaban J connectivity index is 1.26. The highest BCUT2D eigenvalue weighted by molar-refractivity contribution is 8.00. The van der Waals surface area contributed by atoms with Crippen LogP contribution in [0, 0.1) is 0 Å². The van der Waals surface area contributed by atoms with Gasteiger partial charge in [0, 0.05) is 65.9 Å². The molecule has 0 N–H and O–H groups in total. The number of hydrogen-bond acceptors (Lipinski definition) is 3. The van der Waals surface area contributed by atoms with Gasteiger partial charge in [-0.25, -0.2) is 0 Å². The van der Waals surface area contributed by atoms with Gasteiger partial charge in [-0.1, -0.05) is 114 Å². The Morgan fingerprint density at radius 2 is 0.925 bits per heavy atom. The number of benzene rings is 8. The summed E-state index contributed by atoms with van der Waals surface area (Å²) in [5.41, 5.74) is 14.7. The van der Waals surface area contributed by atoms with Crippen molar-refractivity contribution in [1.82, 2.24) is 4.57 Å². The van der Waals surface area contributed by atoms with Gasteiger partial charge in [0.05, 0.1) is 5.52 Å². The normalized spacial score (nSPS) is 12.4. The van der Waals surface area contributed by atoms with Gasteiger partial charge in [-0.3, -0.25) is 0 Å². The number of para-hydroxylation sites is 4. The summed E-state index contributed by atoms with van der Waals surface area (Å²) in [6.07, 6.45) is 0. The summed E-state index contributed by atoms with van der Waals surface area (Å²) in [6.45, 7) is 0.107. The maximum atomic E-state index is 2.54. The maximum Gasteiger partial charge on any atom is 0.249 e. The molecule has 0 atom stereocenters. The van der Waals surface area contributed by atoms with E-state index < -0.39 is 0 Å². The molecule has 5 heteroatoms. The van der Waals surface area contributed by atoms with E-state index in [1.165, 1.54) is 53.7 Å². The minimum absolute atomic E-state index is 0.107. The van der Waals surface area contributed by atoms with E-state index in [0.717, 1.165) is 34.1 Å². The lowest BCUT2D eigenvalue weighted by Crippen LogP contribution is -2.58. The van der Waals surface area contributed by atoms with E-state index in [1.54, 1.807) is 0 Å². The molecular weight excluding hydrogens is 661 g/mol. The predicted molar refractivity (Wildman–Crippen MR) is 225 cm³/mol. The second-order valence-corrected chi connectivity index (χ2v) is 14.8. The molecule has 2 aliphatic heterocycles. The average molecular weight is 694 g/mol. The molecule has 9 aromatic rings. The predicted octanol–water partition coefficient (Wildman–Crippen LogP) is 11.0. The van der Waals surface area contributed by atoms with Crippen LogP contribution < -0.4 is 26.2 Å². The van der Waals surface area contributed by atoms with Gasteiger partial charge >= 0.3 is 0 Å². The minimum Gasteiger partial charge on any atom is -0.311 e. The van der Waals surface area contributed by atoms with Gasteiger partial charge in [-0.15, -0.1) is 0 Å². The standard InChI is InChI=1S/C48H32BN3S/c1-5-16-33(17-6-1)50(34-18-7-2-8-19-34)37-28-29-43-39(30-37)40-31-38(51(35-20-9-3-10-21-35)36-22-11-4-12-23-36)32-42-48(40)52(43)44-25-15-27-46-47(44)49(42)41-24-13-14-26-45(41)53-46/h1-32H. The van der Waals surface area contributed by atoms with Gasteiger partial charge in [0.2, 0.25) is 6.71 Å². The smallest absolute Gasteiger partial charge is 0.249 e. The van der Waals surface area contributed by atoms with Crippen molar-refractivity contribution in [3.8, 4) is 5.69 Å². The fraction of sp³-hybridized carbons (Fsp3) is 0. The van der Waals surface area contributed by atoms with Gasteiger partial charge in [-0.05, 0) is 108 Å². The van der Waals surface area contributed by atoms with E-state index in [1.807, 2.05) is 11.8 Å². The first-order chi connectivity index (χ1) is 26.3. The lowest BCUT2D eigenvalue weighted by molar-refractivity contribution is 1.17. The third-order valence-corrected chi connectivity index (χ3v) is 11.9. The number of nitrogens with zero attached hydrogens (tertiary/aromatic N) is 3. The molecular formula is C48H32BN3S. The Kier molecular flexibility index (Phi) is 6.89. The van der Waals surface area contributed by atoms with Gasteiger partial charge < -0.3 is 14.4 Å². The molecule has 0 unspecified atom stereocenters. The van der Waals surface area contributed by atoms with E-state index in [2.05, 4.69) is 208 Å². The molecule has 1 aromatic heterocycles. The fourth-order valence-corrected chi connectivity index (χ4v) is 9.77. The van der Waals surface area contributed by atoms with Crippen molar-refractivity contribution < 1.29 is 0 Å². The first kappa shape index (κ1) is 30.2. The molecule has 0 radical (unpaired) electrons. The van der Waals surface area contributed by atoms with Gasteiger partial charge in [-0.2, -0.15) is 0 Å². The summed E-state index contributed by atoms with van der Waals surface area (Å²) < 4.78 is 2.54. The molecule has 11 rings (SSSR count). The highest BCUT2D eigenvalue weighted by Crippen LogP contribution is 2.44. The molecule has 53 heavy (non-hydrogen) atoms. The second-order valence-electron chi connectivity index (χ2n) is 13.7. The third-order valence-electron chi connectivity index (χ3n) is 10.8. The fourth-order valence-electron chi connectivity index (χ4n) is 8.61. The SMILES string of the molecule is c1ccc(N(c2ccccc2)c2ccc3c(c2)c2cc(N(c4ccccc4)c4ccccc4)cc4c2n3-c2cccc3c2B4c2ccccc2S3)cc1. The highest BCUT2D eigenvalue weighted by Gasteiger charge is 2.40. The van der Waals surface area contributed by atoms with E-state index >= 15 is 0 Å². The number of anilines is 6. The molecule has 0 saturated heterocycles. The zero-order valence-electron chi connectivity index (χ0n) is 28.8. The average Bonchev–Trinajstić information content (AvgIpc) is 3.55. The van der Waals surface area contributed by atoms with Crippen LogP contribution in [0.15, 0.2) is 204 Å². The van der Waals surface area contributed by atoms with Crippen molar-refractivity contribution in [2.24, 2.45) is 0 Å². The minimum atomic E-state index is 0.107. The molecule has 0 spiro atoms. The van der Waals surface area contributed by atoms with Crippen LogP contribution in [0.3, 0.4) is 0 Å². The van der Waals surface area contributed by atoms with E-state index in [4.69, 9.17) is 0 Å². The number of rotatable bonds is 6. The molecule has 0 fully saturated rings. The summed E-state index contributed by atoms with van der Waals surface area (Å²) >= 11 is 1.90. The van der Waals surface area contributed by atoms with E-state index in [-0.39, 0.29) is 6.71 Å². The van der Waals surface area contributed by atoms with Crippen LogP contribution in [0.4, 0.5) is 34.1 Å². The van der Waals surface area contributed by atoms with Crippen LogP contribution in [0.25, 0.3) is 27.5 Å². The molecule has 3 heterocycles. The Morgan fingerprint density at radius 1 is 0.396 bits per heavy atom. The Hall–Kier alpha value is -6.43. The lowest BCUT2D eigenvalue weighted by atomic mass is 9.35. The summed E-state index contributed by atoms with van der Waals surface area (Å²) in [5.74, 6) is 0. The quantitative estimate of drug-likeness (QED) is 0.161. The monoisotopic (exact) mass is 693 g/mol. The van der Waals surface area contributed by atoms with Crippen molar-refractivity contribution in [2.45, 2.75) is 9.79 Å². The molecule has 0 bridgehead atoms. The van der Waals surface area contributed by atoms with Crippen LogP contribution in [-0.2, 0) is 0 Å². The van der Waals surface area contributed by atoms with Crippen molar-refractivity contribution >= 4 is 90.8 Å². The molecule has 8 aromatic carbocycles. The van der Waals surface area contributed by atoms with Crippen LogP contribution >= 0.6 is 11.8 Å². The molecule has 248 valence electrons. The van der Waals surface area contributed by atoms with E-state index in [0.29, 0.717) is 0 Å². The van der Waals surface area contributed by atoms with Crippen molar-refractivity contribution in [3.05, 3.63) is 194 Å². The van der Waals surface area contributed by atoms with Crippen LogP contribution in [-0.4, -0.2) is 11.3 Å². The van der Waals surface area contributed by atoms with Gasteiger partial charge in [0.15, 0.2) is 0 Å².